The number of imide groups is 2. The summed E-state index contributed by atoms with van der Waals surface area (Å²) in [5, 5.41) is 7.68. The van der Waals surface area contributed by atoms with E-state index in [1.165, 1.54) is 11.1 Å². The molecule has 0 aromatic heterocycles. The number of hydrogen-bond acceptors (Lipinski definition) is 5. The maximum atomic E-state index is 13.0. The van der Waals surface area contributed by atoms with Gasteiger partial charge in [0.1, 0.15) is 5.57 Å². The first-order valence-corrected chi connectivity index (χ1v) is 9.29. The highest BCUT2D eigenvalue weighted by molar-refractivity contribution is 6.38. The number of halogens is 1. The highest BCUT2D eigenvalue weighted by atomic mass is 35.5. The minimum atomic E-state index is -0.886. The summed E-state index contributed by atoms with van der Waals surface area (Å²) in [6.45, 7) is 3.53. The lowest BCUT2D eigenvalue weighted by atomic mass is 9.98. The monoisotopic (exact) mass is 438 g/mol. The Balaban J connectivity index is 0.00000272. The van der Waals surface area contributed by atoms with Gasteiger partial charge in [0.2, 0.25) is 0 Å². The average molecular weight is 439 g/mol. The van der Waals surface area contributed by atoms with Crippen molar-refractivity contribution >= 4 is 53.2 Å². The number of barbiturate groups is 1. The lowest BCUT2D eigenvalue weighted by molar-refractivity contribution is -0.122. The van der Waals surface area contributed by atoms with E-state index in [1.54, 1.807) is 55.5 Å². The van der Waals surface area contributed by atoms with Gasteiger partial charge in [-0.1, -0.05) is 35.9 Å². The molecular weight excluding hydrogens is 420 g/mol. The number of amides is 5. The SMILES string of the molecule is CC1=NN(c2ccccc2)C(=O)C1/C=C1\C(=O)NC(=O)N(c2ccc(C)cc2)C1=O.Cl. The van der Waals surface area contributed by atoms with Crippen LogP contribution in [0.1, 0.15) is 12.5 Å². The number of aryl methyl sites for hydroxylation is 1. The van der Waals surface area contributed by atoms with E-state index in [1.807, 2.05) is 13.0 Å². The van der Waals surface area contributed by atoms with Crippen molar-refractivity contribution in [2.24, 2.45) is 11.0 Å². The van der Waals surface area contributed by atoms with E-state index in [-0.39, 0.29) is 23.9 Å². The van der Waals surface area contributed by atoms with Gasteiger partial charge in [-0.25, -0.2) is 9.69 Å². The predicted molar refractivity (Wildman–Crippen MR) is 118 cm³/mol. The number of urea groups is 1. The molecule has 4 rings (SSSR count). The van der Waals surface area contributed by atoms with Crippen molar-refractivity contribution in [3.63, 3.8) is 0 Å². The number of hydrogen-bond donors (Lipinski definition) is 1. The van der Waals surface area contributed by atoms with Crippen LogP contribution >= 0.6 is 12.4 Å². The van der Waals surface area contributed by atoms with Gasteiger partial charge in [-0.05, 0) is 44.2 Å². The molecule has 0 radical (unpaired) electrons. The van der Waals surface area contributed by atoms with Crippen molar-refractivity contribution in [3.8, 4) is 0 Å². The van der Waals surface area contributed by atoms with Crippen LogP contribution < -0.4 is 15.2 Å². The second kappa shape index (κ2) is 8.53. The lowest BCUT2D eigenvalue weighted by Crippen LogP contribution is -2.54. The standard InChI is InChI=1S/C22H18N4O4.ClH/c1-13-8-10-15(11-9-13)25-20(28)18(19(27)23-22(25)30)12-17-14(2)24-26(21(17)29)16-6-4-3-5-7-16;/h3-12,17H,1-2H3,(H,23,27,30);1H/b18-12+;. The molecular formula is C22H19ClN4O4. The van der Waals surface area contributed by atoms with E-state index in [4.69, 9.17) is 0 Å². The zero-order chi connectivity index (χ0) is 21.4. The van der Waals surface area contributed by atoms with Crippen LogP contribution in [-0.4, -0.2) is 29.5 Å². The number of nitrogens with zero attached hydrogens (tertiary/aromatic N) is 3. The summed E-state index contributed by atoms with van der Waals surface area (Å²) in [5.41, 5.74) is 2.03. The average Bonchev–Trinajstić information content (AvgIpc) is 3.01. The van der Waals surface area contributed by atoms with Crippen molar-refractivity contribution < 1.29 is 19.2 Å². The predicted octanol–water partition coefficient (Wildman–Crippen LogP) is 2.96. The largest absolute Gasteiger partial charge is 0.335 e. The number of anilines is 2. The summed E-state index contributed by atoms with van der Waals surface area (Å²) >= 11 is 0. The van der Waals surface area contributed by atoms with Gasteiger partial charge in [0.15, 0.2) is 0 Å². The third-order valence-electron chi connectivity index (χ3n) is 4.91. The fraction of sp³-hybridized carbons (Fsp3) is 0.136. The fourth-order valence-corrected chi connectivity index (χ4v) is 3.30. The molecule has 0 aliphatic carbocycles. The van der Waals surface area contributed by atoms with E-state index in [2.05, 4.69) is 10.4 Å². The molecule has 2 aromatic carbocycles. The molecule has 0 bridgehead atoms. The molecule has 2 heterocycles. The van der Waals surface area contributed by atoms with Gasteiger partial charge < -0.3 is 0 Å². The second-order valence-corrected chi connectivity index (χ2v) is 7.02. The Morgan fingerprint density at radius 2 is 1.55 bits per heavy atom. The minimum absolute atomic E-state index is 0. The molecule has 5 amide bonds. The summed E-state index contributed by atoms with van der Waals surface area (Å²) in [5.74, 6) is -2.90. The third kappa shape index (κ3) is 3.97. The number of rotatable bonds is 3. The number of nitrogens with one attached hydrogen (secondary N) is 1. The van der Waals surface area contributed by atoms with Crippen molar-refractivity contribution in [2.75, 3.05) is 9.91 Å². The number of para-hydroxylation sites is 1. The van der Waals surface area contributed by atoms with E-state index < -0.39 is 23.8 Å². The van der Waals surface area contributed by atoms with Gasteiger partial charge in [-0.2, -0.15) is 10.1 Å². The van der Waals surface area contributed by atoms with Gasteiger partial charge >= 0.3 is 6.03 Å². The van der Waals surface area contributed by atoms with Crippen LogP contribution in [-0.2, 0) is 14.4 Å². The lowest BCUT2D eigenvalue weighted by Gasteiger charge is -2.26. The first kappa shape index (κ1) is 21.9. The van der Waals surface area contributed by atoms with Crippen LogP contribution in [0.15, 0.2) is 71.3 Å². The van der Waals surface area contributed by atoms with Crippen molar-refractivity contribution in [2.45, 2.75) is 13.8 Å². The molecule has 2 aliphatic heterocycles. The Hall–Kier alpha value is -3.78. The molecule has 2 aliphatic rings. The molecule has 1 atom stereocenters. The maximum Gasteiger partial charge on any atom is 0.335 e. The number of benzene rings is 2. The zero-order valence-corrected chi connectivity index (χ0v) is 17.6. The van der Waals surface area contributed by atoms with E-state index in [9.17, 15) is 19.2 Å². The van der Waals surface area contributed by atoms with E-state index in [0.29, 0.717) is 17.1 Å². The Morgan fingerprint density at radius 3 is 2.19 bits per heavy atom. The van der Waals surface area contributed by atoms with E-state index >= 15 is 0 Å². The second-order valence-electron chi connectivity index (χ2n) is 7.02. The molecule has 1 fully saturated rings. The summed E-state index contributed by atoms with van der Waals surface area (Å²) < 4.78 is 0. The number of carbonyl (C=O) groups is 4. The van der Waals surface area contributed by atoms with Crippen LogP contribution in [0.2, 0.25) is 0 Å². The van der Waals surface area contributed by atoms with Crippen LogP contribution in [0.25, 0.3) is 0 Å². The molecule has 8 nitrogen and oxygen atoms in total. The molecule has 1 N–H and O–H groups in total. The topological polar surface area (TPSA) is 99.2 Å². The van der Waals surface area contributed by atoms with Gasteiger partial charge in [-0.15, -0.1) is 12.4 Å². The Labute approximate surface area is 184 Å². The molecule has 0 spiro atoms. The van der Waals surface area contributed by atoms with Gasteiger partial charge in [-0.3, -0.25) is 19.7 Å². The van der Waals surface area contributed by atoms with Gasteiger partial charge in [0.05, 0.1) is 23.0 Å². The van der Waals surface area contributed by atoms with Crippen LogP contribution in [0, 0.1) is 12.8 Å². The summed E-state index contributed by atoms with van der Waals surface area (Å²) in [7, 11) is 0. The van der Waals surface area contributed by atoms with Gasteiger partial charge in [0.25, 0.3) is 17.7 Å². The third-order valence-corrected chi connectivity index (χ3v) is 4.91. The summed E-state index contributed by atoms with van der Waals surface area (Å²) in [6, 6.07) is 14.8. The molecule has 9 heteroatoms. The quantitative estimate of drug-likeness (QED) is 0.588. The Morgan fingerprint density at radius 1 is 0.903 bits per heavy atom. The van der Waals surface area contributed by atoms with Crippen LogP contribution in [0.5, 0.6) is 0 Å². The molecule has 2 aromatic rings. The normalized spacial score (nSPS) is 20.0. The Bertz CT molecular complexity index is 1130. The van der Waals surface area contributed by atoms with Crippen molar-refractivity contribution in [3.05, 3.63) is 71.8 Å². The minimum Gasteiger partial charge on any atom is -0.273 e. The Kier molecular flexibility index (Phi) is 6.03. The molecule has 1 unspecified atom stereocenters. The summed E-state index contributed by atoms with van der Waals surface area (Å²) in [6.07, 6.45) is 1.27. The van der Waals surface area contributed by atoms with Crippen molar-refractivity contribution in [1.29, 1.82) is 0 Å². The first-order chi connectivity index (χ1) is 14.4. The maximum absolute atomic E-state index is 13.0. The zero-order valence-electron chi connectivity index (χ0n) is 16.7. The van der Waals surface area contributed by atoms with E-state index in [0.717, 1.165) is 10.5 Å². The summed E-state index contributed by atoms with van der Waals surface area (Å²) in [4.78, 5) is 51.5. The fourth-order valence-electron chi connectivity index (χ4n) is 3.30. The van der Waals surface area contributed by atoms with Gasteiger partial charge in [0, 0.05) is 0 Å². The molecule has 0 saturated carbocycles. The first-order valence-electron chi connectivity index (χ1n) is 9.29. The van der Waals surface area contributed by atoms with Crippen LogP contribution in [0.3, 0.4) is 0 Å². The highest BCUT2D eigenvalue weighted by Crippen LogP contribution is 2.27. The molecule has 31 heavy (non-hydrogen) atoms. The molecule has 158 valence electrons. The number of carbonyl (C=O) groups excluding carboxylic acids is 4. The highest BCUT2D eigenvalue weighted by Gasteiger charge is 2.40. The van der Waals surface area contributed by atoms with Crippen LogP contribution in [0.4, 0.5) is 16.2 Å². The molecule has 1 saturated heterocycles. The smallest absolute Gasteiger partial charge is 0.273 e. The number of hydrazone groups is 1. The van der Waals surface area contributed by atoms with Crippen molar-refractivity contribution in [1.82, 2.24) is 5.32 Å².